The van der Waals surface area contributed by atoms with Crippen LogP contribution in [0.2, 0.25) is 0 Å². The molecule has 1 nitrogen and oxygen atoms in total. The third kappa shape index (κ3) is 2.74. The van der Waals surface area contributed by atoms with Crippen molar-refractivity contribution in [2.75, 3.05) is 13.7 Å². The number of hydrogen-bond donors (Lipinski definition) is 0. The van der Waals surface area contributed by atoms with Crippen LogP contribution in [0.15, 0.2) is 0 Å². The van der Waals surface area contributed by atoms with Crippen molar-refractivity contribution < 1.29 is 4.74 Å². The van der Waals surface area contributed by atoms with Crippen LogP contribution in [-0.2, 0) is 4.74 Å². The Balaban J connectivity index is 2.36. The third-order valence-corrected chi connectivity index (χ3v) is 4.03. The van der Waals surface area contributed by atoms with Gasteiger partial charge in [0.15, 0.2) is 0 Å². The van der Waals surface area contributed by atoms with Gasteiger partial charge in [-0.3, -0.25) is 0 Å². The molecule has 0 aliphatic heterocycles. The van der Waals surface area contributed by atoms with E-state index < -0.39 is 0 Å². The van der Waals surface area contributed by atoms with Gasteiger partial charge in [-0.1, -0.05) is 35.7 Å². The molecule has 1 aliphatic carbocycles. The van der Waals surface area contributed by atoms with Gasteiger partial charge in [-0.2, -0.15) is 0 Å². The Morgan fingerprint density at radius 2 is 2.08 bits per heavy atom. The van der Waals surface area contributed by atoms with Gasteiger partial charge in [0.2, 0.25) is 0 Å². The van der Waals surface area contributed by atoms with Crippen LogP contribution in [0, 0.1) is 11.8 Å². The number of methoxy groups -OCH3 is 1. The maximum Gasteiger partial charge on any atom is 0.0490 e. The molecule has 1 saturated carbocycles. The molecular formula is C10H19BrO. The fourth-order valence-electron chi connectivity index (χ4n) is 2.14. The van der Waals surface area contributed by atoms with Gasteiger partial charge >= 0.3 is 0 Å². The Bertz CT molecular complexity index is 127. The van der Waals surface area contributed by atoms with Crippen LogP contribution in [0.3, 0.4) is 0 Å². The summed E-state index contributed by atoms with van der Waals surface area (Å²) in [4.78, 5) is 0.733. The molecule has 0 aromatic rings. The number of rotatable bonds is 3. The second kappa shape index (κ2) is 5.23. The van der Waals surface area contributed by atoms with E-state index >= 15 is 0 Å². The van der Waals surface area contributed by atoms with Crippen molar-refractivity contribution in [3.63, 3.8) is 0 Å². The zero-order chi connectivity index (χ0) is 8.97. The van der Waals surface area contributed by atoms with E-state index in [9.17, 15) is 0 Å². The summed E-state index contributed by atoms with van der Waals surface area (Å²) in [6, 6.07) is 0. The maximum atomic E-state index is 5.18. The molecule has 1 rings (SSSR count). The second-order valence-electron chi connectivity index (χ2n) is 3.90. The lowest BCUT2D eigenvalue weighted by atomic mass is 9.81. The van der Waals surface area contributed by atoms with Gasteiger partial charge in [0, 0.05) is 18.5 Å². The molecule has 2 heteroatoms. The quantitative estimate of drug-likeness (QED) is 0.682. The zero-order valence-electron chi connectivity index (χ0n) is 8.05. The molecule has 12 heavy (non-hydrogen) atoms. The molecule has 3 unspecified atom stereocenters. The predicted molar refractivity (Wildman–Crippen MR) is 55.7 cm³/mol. The minimum atomic E-state index is 0.708. The first kappa shape index (κ1) is 10.5. The van der Waals surface area contributed by atoms with E-state index in [-0.39, 0.29) is 0 Å². The van der Waals surface area contributed by atoms with Crippen molar-refractivity contribution in [1.29, 1.82) is 0 Å². The zero-order valence-corrected chi connectivity index (χ0v) is 9.64. The summed E-state index contributed by atoms with van der Waals surface area (Å²) in [5.41, 5.74) is 0. The molecule has 0 amide bonds. The first-order chi connectivity index (χ1) is 5.75. The van der Waals surface area contributed by atoms with E-state index in [1.165, 1.54) is 25.7 Å². The van der Waals surface area contributed by atoms with Crippen molar-refractivity contribution in [1.82, 2.24) is 0 Å². The first-order valence-electron chi connectivity index (χ1n) is 4.88. The summed E-state index contributed by atoms with van der Waals surface area (Å²) in [7, 11) is 1.79. The normalized spacial score (nSPS) is 33.2. The lowest BCUT2D eigenvalue weighted by Crippen LogP contribution is -2.27. The largest absolute Gasteiger partial charge is 0.384 e. The molecule has 0 heterocycles. The molecule has 3 atom stereocenters. The van der Waals surface area contributed by atoms with Crippen molar-refractivity contribution in [3.8, 4) is 0 Å². The van der Waals surface area contributed by atoms with Crippen molar-refractivity contribution >= 4 is 15.9 Å². The molecule has 72 valence electrons. The summed E-state index contributed by atoms with van der Waals surface area (Å²) < 4.78 is 5.18. The van der Waals surface area contributed by atoms with Crippen LogP contribution in [0.4, 0.5) is 0 Å². The lowest BCUT2D eigenvalue weighted by Gasteiger charge is -2.31. The highest BCUT2D eigenvalue weighted by atomic mass is 79.9. The van der Waals surface area contributed by atoms with E-state index in [2.05, 4.69) is 22.9 Å². The highest BCUT2D eigenvalue weighted by molar-refractivity contribution is 9.09. The molecule has 0 saturated heterocycles. The third-order valence-electron chi connectivity index (χ3n) is 2.89. The van der Waals surface area contributed by atoms with Gasteiger partial charge in [-0.25, -0.2) is 0 Å². The SMILES string of the molecule is COCC(C)C1CCCCC1Br. The number of ether oxygens (including phenoxy) is 1. The standard InChI is InChI=1S/C10H19BrO/c1-8(7-12-2)9-5-3-4-6-10(9)11/h8-10H,3-7H2,1-2H3. The lowest BCUT2D eigenvalue weighted by molar-refractivity contribution is 0.118. The van der Waals surface area contributed by atoms with Crippen LogP contribution in [0.25, 0.3) is 0 Å². The molecule has 0 aromatic heterocycles. The van der Waals surface area contributed by atoms with Crippen LogP contribution in [-0.4, -0.2) is 18.5 Å². The monoisotopic (exact) mass is 234 g/mol. The fourth-order valence-corrected chi connectivity index (χ4v) is 3.25. The van der Waals surface area contributed by atoms with E-state index in [1.807, 2.05) is 0 Å². The molecule has 0 N–H and O–H groups in total. The highest BCUT2D eigenvalue weighted by Crippen LogP contribution is 2.34. The Labute approximate surface area is 84.0 Å². The minimum Gasteiger partial charge on any atom is -0.384 e. The van der Waals surface area contributed by atoms with Crippen LogP contribution < -0.4 is 0 Å². The average Bonchev–Trinajstić information content (AvgIpc) is 2.05. The van der Waals surface area contributed by atoms with Gasteiger partial charge in [0.25, 0.3) is 0 Å². The van der Waals surface area contributed by atoms with Crippen molar-refractivity contribution in [2.45, 2.75) is 37.4 Å². The molecule has 1 aliphatic rings. The topological polar surface area (TPSA) is 9.23 Å². The summed E-state index contributed by atoms with van der Waals surface area (Å²) in [5.74, 6) is 1.54. The van der Waals surface area contributed by atoms with Gasteiger partial charge in [-0.05, 0) is 24.7 Å². The van der Waals surface area contributed by atoms with E-state index in [4.69, 9.17) is 4.74 Å². The number of hydrogen-bond acceptors (Lipinski definition) is 1. The van der Waals surface area contributed by atoms with Crippen LogP contribution in [0.1, 0.15) is 32.6 Å². The molecule has 0 aromatic carbocycles. The highest BCUT2D eigenvalue weighted by Gasteiger charge is 2.27. The molecule has 0 bridgehead atoms. The minimum absolute atomic E-state index is 0.708. The molecular weight excluding hydrogens is 216 g/mol. The maximum absolute atomic E-state index is 5.18. The van der Waals surface area contributed by atoms with E-state index in [0.717, 1.165) is 17.4 Å². The Kier molecular flexibility index (Phi) is 4.59. The second-order valence-corrected chi connectivity index (χ2v) is 5.07. The van der Waals surface area contributed by atoms with Gasteiger partial charge in [0.05, 0.1) is 0 Å². The van der Waals surface area contributed by atoms with Crippen molar-refractivity contribution in [3.05, 3.63) is 0 Å². The molecule has 1 fully saturated rings. The van der Waals surface area contributed by atoms with Gasteiger partial charge in [0.1, 0.15) is 0 Å². The molecule has 0 spiro atoms. The van der Waals surface area contributed by atoms with E-state index in [0.29, 0.717) is 5.92 Å². The Hall–Kier alpha value is 0.440. The summed E-state index contributed by atoms with van der Waals surface area (Å²) >= 11 is 3.77. The first-order valence-corrected chi connectivity index (χ1v) is 5.80. The fraction of sp³-hybridized carbons (Fsp3) is 1.00. The predicted octanol–water partition coefficient (Wildman–Crippen LogP) is 3.22. The van der Waals surface area contributed by atoms with Gasteiger partial charge < -0.3 is 4.74 Å². The number of alkyl halides is 1. The summed E-state index contributed by atoms with van der Waals surface area (Å²) in [6.07, 6.45) is 5.52. The van der Waals surface area contributed by atoms with Crippen LogP contribution >= 0.6 is 15.9 Å². The Morgan fingerprint density at radius 1 is 1.42 bits per heavy atom. The summed E-state index contributed by atoms with van der Waals surface area (Å²) in [5, 5.41) is 0. The van der Waals surface area contributed by atoms with Crippen molar-refractivity contribution in [2.24, 2.45) is 11.8 Å². The van der Waals surface area contributed by atoms with E-state index in [1.54, 1.807) is 7.11 Å². The van der Waals surface area contributed by atoms with Crippen LogP contribution in [0.5, 0.6) is 0 Å². The van der Waals surface area contributed by atoms with Gasteiger partial charge in [-0.15, -0.1) is 0 Å². The number of halogens is 1. The summed E-state index contributed by atoms with van der Waals surface area (Å²) in [6.45, 7) is 3.21. The smallest absolute Gasteiger partial charge is 0.0490 e. The average molecular weight is 235 g/mol. The Morgan fingerprint density at radius 3 is 2.67 bits per heavy atom. The molecule has 0 radical (unpaired) electrons.